The number of carbonyl (C=O) groups is 1. The van der Waals surface area contributed by atoms with Crippen molar-refractivity contribution in [1.29, 1.82) is 0 Å². The third kappa shape index (κ3) is 4.02. The molecular weight excluding hydrogens is 266 g/mol. The minimum Gasteiger partial charge on any atom is -0.368 e. The number of unbranched alkanes of at least 4 members (excludes halogenated alkanes) is 1. The zero-order chi connectivity index (χ0) is 15.1. The summed E-state index contributed by atoms with van der Waals surface area (Å²) in [5.41, 5.74) is 7.07. The van der Waals surface area contributed by atoms with Crippen LogP contribution in [0.15, 0.2) is 6.20 Å². The highest BCUT2D eigenvalue weighted by atomic mass is 16.6. The Morgan fingerprint density at radius 1 is 1.60 bits per heavy atom. The van der Waals surface area contributed by atoms with Crippen molar-refractivity contribution in [2.45, 2.75) is 19.8 Å². The second-order valence-electron chi connectivity index (χ2n) is 4.05. The molecule has 0 fully saturated rings. The average Bonchev–Trinajstić information content (AvgIpc) is 2.42. The van der Waals surface area contributed by atoms with E-state index in [4.69, 9.17) is 11.6 Å². The maximum atomic E-state index is 11.1. The molecule has 0 aliphatic heterocycles. The predicted molar refractivity (Wildman–Crippen MR) is 72.8 cm³/mol. The van der Waals surface area contributed by atoms with Gasteiger partial charge in [0, 0.05) is 6.54 Å². The number of amides is 1. The third-order valence-corrected chi connectivity index (χ3v) is 2.50. The lowest BCUT2D eigenvalue weighted by molar-refractivity contribution is -0.384. The molecule has 10 nitrogen and oxygen atoms in total. The van der Waals surface area contributed by atoms with Crippen LogP contribution in [0.4, 0.5) is 17.5 Å². The number of nitrogens with zero attached hydrogens (tertiary/aromatic N) is 4. The first-order valence-corrected chi connectivity index (χ1v) is 6.00. The number of anilines is 2. The number of nitro groups is 1. The average molecular weight is 283 g/mol. The first-order valence-electron chi connectivity index (χ1n) is 6.00. The fourth-order valence-electron chi connectivity index (χ4n) is 1.59. The van der Waals surface area contributed by atoms with Crippen LogP contribution >= 0.6 is 0 Å². The Labute approximate surface area is 115 Å². The molecule has 0 saturated carbocycles. The smallest absolute Gasteiger partial charge is 0.329 e. The monoisotopic (exact) mass is 283 g/mol. The Hall–Kier alpha value is -2.49. The lowest BCUT2D eigenvalue weighted by atomic mass is 10.3. The second kappa shape index (κ2) is 7.19. The van der Waals surface area contributed by atoms with E-state index < -0.39 is 10.8 Å². The number of hydrogen-bond acceptors (Lipinski definition) is 8. The van der Waals surface area contributed by atoms with Gasteiger partial charge in [0.25, 0.3) is 0 Å². The van der Waals surface area contributed by atoms with E-state index in [1.807, 2.05) is 6.92 Å². The summed E-state index contributed by atoms with van der Waals surface area (Å²) in [6.07, 6.45) is 2.63. The lowest BCUT2D eigenvalue weighted by Crippen LogP contribution is -2.35. The van der Waals surface area contributed by atoms with Crippen molar-refractivity contribution in [3.8, 4) is 0 Å². The number of hydrogen-bond donors (Lipinski definition) is 3. The van der Waals surface area contributed by atoms with Crippen LogP contribution in [0, 0.1) is 10.1 Å². The molecule has 0 spiro atoms. The molecule has 1 aromatic heterocycles. The van der Waals surface area contributed by atoms with Gasteiger partial charge in [0.15, 0.2) is 0 Å². The number of rotatable bonds is 8. The van der Waals surface area contributed by atoms with Crippen LogP contribution in [-0.2, 0) is 4.79 Å². The first kappa shape index (κ1) is 15.6. The fourth-order valence-corrected chi connectivity index (χ4v) is 1.59. The molecule has 0 saturated heterocycles. The molecule has 0 radical (unpaired) electrons. The van der Waals surface area contributed by atoms with Crippen molar-refractivity contribution >= 4 is 23.4 Å². The summed E-state index contributed by atoms with van der Waals surface area (Å²) in [7, 11) is 0. The highest BCUT2D eigenvalue weighted by Gasteiger charge is 2.23. The van der Waals surface area contributed by atoms with E-state index in [1.165, 1.54) is 4.90 Å². The maximum absolute atomic E-state index is 11.1. The Kier molecular flexibility index (Phi) is 5.59. The highest BCUT2D eigenvalue weighted by Crippen LogP contribution is 2.26. The maximum Gasteiger partial charge on any atom is 0.329 e. The first-order chi connectivity index (χ1) is 9.49. The Morgan fingerprint density at radius 2 is 2.30 bits per heavy atom. The van der Waals surface area contributed by atoms with E-state index >= 15 is 0 Å². The van der Waals surface area contributed by atoms with Gasteiger partial charge in [-0.1, -0.05) is 13.3 Å². The largest absolute Gasteiger partial charge is 0.368 e. The van der Waals surface area contributed by atoms with Gasteiger partial charge in [-0.3, -0.25) is 20.3 Å². The van der Waals surface area contributed by atoms with Crippen molar-refractivity contribution in [1.82, 2.24) is 9.97 Å². The summed E-state index contributed by atoms with van der Waals surface area (Å²) >= 11 is 0. The molecule has 1 rings (SSSR count). The van der Waals surface area contributed by atoms with Gasteiger partial charge in [-0.15, -0.1) is 0 Å². The molecule has 0 aromatic carbocycles. The van der Waals surface area contributed by atoms with Crippen LogP contribution in [0.25, 0.3) is 0 Å². The number of carbonyl (C=O) groups excluding carboxylic acids is 1. The molecule has 1 heterocycles. The van der Waals surface area contributed by atoms with Crippen molar-refractivity contribution in [3.63, 3.8) is 0 Å². The molecule has 1 aromatic rings. The van der Waals surface area contributed by atoms with Gasteiger partial charge in [0.2, 0.25) is 17.7 Å². The predicted octanol–water partition coefficient (Wildman–Crippen LogP) is -0.238. The Balaban J connectivity index is 3.19. The second-order valence-corrected chi connectivity index (χ2v) is 4.05. The number of nitrogens with two attached hydrogens (primary N) is 2. The number of nitrogens with one attached hydrogen (secondary N) is 1. The standard InChI is InChI=1S/C10H17N7O3/c1-2-3-4-16(6-8(11)18)9-7(17(19)20)5-13-10(14-9)15-12/h5H,2-4,6,12H2,1H3,(H2,11,18)(H,13,14,15). The van der Waals surface area contributed by atoms with E-state index in [9.17, 15) is 14.9 Å². The van der Waals surface area contributed by atoms with E-state index in [0.29, 0.717) is 6.54 Å². The topological polar surface area (TPSA) is 153 Å². The van der Waals surface area contributed by atoms with Crippen LogP contribution < -0.4 is 21.9 Å². The van der Waals surface area contributed by atoms with E-state index in [0.717, 1.165) is 19.0 Å². The van der Waals surface area contributed by atoms with E-state index in [-0.39, 0.29) is 24.0 Å². The molecule has 20 heavy (non-hydrogen) atoms. The fraction of sp³-hybridized carbons (Fsp3) is 0.500. The molecule has 1 amide bonds. The Bertz CT molecular complexity index is 494. The van der Waals surface area contributed by atoms with Crippen LogP contribution in [0.3, 0.4) is 0 Å². The molecule has 0 bridgehead atoms. The molecule has 0 aliphatic carbocycles. The van der Waals surface area contributed by atoms with E-state index in [2.05, 4.69) is 15.4 Å². The lowest BCUT2D eigenvalue weighted by Gasteiger charge is -2.21. The summed E-state index contributed by atoms with van der Waals surface area (Å²) in [5, 5.41) is 11.0. The van der Waals surface area contributed by atoms with Crippen LogP contribution in [-0.4, -0.2) is 33.9 Å². The molecule has 110 valence electrons. The SMILES string of the molecule is CCCCN(CC(N)=O)c1nc(NN)ncc1[N+](=O)[O-]. The zero-order valence-corrected chi connectivity index (χ0v) is 11.1. The van der Waals surface area contributed by atoms with Gasteiger partial charge < -0.3 is 10.6 Å². The summed E-state index contributed by atoms with van der Waals surface area (Å²) in [4.78, 5) is 30.6. The minimum absolute atomic E-state index is 0.0187. The normalized spacial score (nSPS) is 10.1. The molecule has 10 heteroatoms. The van der Waals surface area contributed by atoms with Gasteiger partial charge in [0.1, 0.15) is 6.20 Å². The highest BCUT2D eigenvalue weighted by molar-refractivity contribution is 5.80. The summed E-state index contributed by atoms with van der Waals surface area (Å²) in [6, 6.07) is 0. The quantitative estimate of drug-likeness (QED) is 0.335. The molecule has 0 aliphatic rings. The van der Waals surface area contributed by atoms with Gasteiger partial charge in [0.05, 0.1) is 11.5 Å². The number of nitrogen functional groups attached to an aromatic ring is 1. The molecule has 0 atom stereocenters. The van der Waals surface area contributed by atoms with Crippen molar-refractivity contribution in [2.75, 3.05) is 23.4 Å². The molecule has 0 unspecified atom stereocenters. The van der Waals surface area contributed by atoms with Gasteiger partial charge in [-0.2, -0.15) is 4.98 Å². The van der Waals surface area contributed by atoms with Crippen LogP contribution in [0.5, 0.6) is 0 Å². The van der Waals surface area contributed by atoms with Gasteiger partial charge in [-0.05, 0) is 6.42 Å². The number of aromatic nitrogens is 2. The van der Waals surface area contributed by atoms with Crippen LogP contribution in [0.1, 0.15) is 19.8 Å². The van der Waals surface area contributed by atoms with Crippen molar-refractivity contribution in [3.05, 3.63) is 16.3 Å². The van der Waals surface area contributed by atoms with E-state index in [1.54, 1.807) is 0 Å². The molecular formula is C10H17N7O3. The number of hydrazine groups is 1. The third-order valence-electron chi connectivity index (χ3n) is 2.50. The molecule has 5 N–H and O–H groups in total. The number of primary amides is 1. The van der Waals surface area contributed by atoms with Crippen LogP contribution in [0.2, 0.25) is 0 Å². The Morgan fingerprint density at radius 3 is 2.80 bits per heavy atom. The van der Waals surface area contributed by atoms with Crippen molar-refractivity contribution in [2.24, 2.45) is 11.6 Å². The van der Waals surface area contributed by atoms with Crippen molar-refractivity contribution < 1.29 is 9.72 Å². The van der Waals surface area contributed by atoms with Gasteiger partial charge in [-0.25, -0.2) is 10.8 Å². The van der Waals surface area contributed by atoms with Gasteiger partial charge >= 0.3 is 5.69 Å². The summed E-state index contributed by atoms with van der Waals surface area (Å²) < 4.78 is 0. The summed E-state index contributed by atoms with van der Waals surface area (Å²) in [6.45, 7) is 2.22. The minimum atomic E-state index is -0.616. The zero-order valence-electron chi connectivity index (χ0n) is 11.1. The summed E-state index contributed by atoms with van der Waals surface area (Å²) in [5.74, 6) is 4.63.